The number of imidazole rings is 1. The van der Waals surface area contributed by atoms with E-state index < -0.39 is 0 Å². The molecule has 17 heavy (non-hydrogen) atoms. The van der Waals surface area contributed by atoms with Gasteiger partial charge in [0, 0.05) is 6.54 Å². The van der Waals surface area contributed by atoms with Crippen molar-refractivity contribution in [3.8, 4) is 0 Å². The van der Waals surface area contributed by atoms with Crippen molar-refractivity contribution in [1.29, 1.82) is 0 Å². The maximum atomic E-state index is 12.0. The Balaban J connectivity index is 1.75. The molecular weight excluding hydrogens is 220 g/mol. The number of aromatic nitrogens is 2. The van der Waals surface area contributed by atoms with Gasteiger partial charge in [-0.25, -0.2) is 4.98 Å². The average molecular weight is 234 g/mol. The van der Waals surface area contributed by atoms with Gasteiger partial charge in [-0.3, -0.25) is 14.5 Å². The molecule has 1 aromatic rings. The Kier molecular flexibility index (Phi) is 2.44. The van der Waals surface area contributed by atoms with Gasteiger partial charge in [0.15, 0.2) is 5.69 Å². The second kappa shape index (κ2) is 3.96. The molecule has 0 saturated carbocycles. The number of H-pyrrole nitrogens is 1. The van der Waals surface area contributed by atoms with Crippen molar-refractivity contribution >= 4 is 11.8 Å². The minimum absolute atomic E-state index is 0.235. The Morgan fingerprint density at radius 1 is 1.29 bits per heavy atom. The van der Waals surface area contributed by atoms with E-state index >= 15 is 0 Å². The lowest BCUT2D eigenvalue weighted by Crippen LogP contribution is -2.39. The minimum Gasteiger partial charge on any atom is -0.340 e. The molecule has 2 aliphatic heterocycles. The molecule has 1 aromatic heterocycles. The third-order valence-electron chi connectivity index (χ3n) is 3.45. The molecule has 0 aliphatic carbocycles. The van der Waals surface area contributed by atoms with Gasteiger partial charge < -0.3 is 10.3 Å². The van der Waals surface area contributed by atoms with Crippen LogP contribution in [0, 0.1) is 5.92 Å². The summed E-state index contributed by atoms with van der Waals surface area (Å²) in [5.41, 5.74) is 0.605. The monoisotopic (exact) mass is 234 g/mol. The highest BCUT2D eigenvalue weighted by molar-refractivity contribution is 6.19. The highest BCUT2D eigenvalue weighted by Crippen LogP contribution is 2.22. The third-order valence-corrected chi connectivity index (χ3v) is 3.45. The van der Waals surface area contributed by atoms with Crippen LogP contribution in [-0.4, -0.2) is 46.3 Å². The van der Waals surface area contributed by atoms with Crippen LogP contribution in [0.5, 0.6) is 0 Å². The number of piperidine rings is 1. The van der Waals surface area contributed by atoms with Crippen LogP contribution in [0.2, 0.25) is 0 Å². The Morgan fingerprint density at radius 3 is 2.76 bits per heavy atom. The van der Waals surface area contributed by atoms with Crippen LogP contribution in [0.1, 0.15) is 33.8 Å². The first kappa shape index (κ1) is 10.5. The van der Waals surface area contributed by atoms with Gasteiger partial charge in [0.05, 0.1) is 6.33 Å². The van der Waals surface area contributed by atoms with E-state index in [1.54, 1.807) is 0 Å². The van der Waals surface area contributed by atoms with Gasteiger partial charge in [-0.15, -0.1) is 0 Å². The summed E-state index contributed by atoms with van der Waals surface area (Å²) in [5.74, 6) is -0.0843. The van der Waals surface area contributed by atoms with E-state index in [0.29, 0.717) is 18.2 Å². The lowest BCUT2D eigenvalue weighted by Gasteiger charge is -2.26. The van der Waals surface area contributed by atoms with Crippen molar-refractivity contribution in [3.05, 3.63) is 17.7 Å². The first-order chi connectivity index (χ1) is 8.27. The van der Waals surface area contributed by atoms with E-state index in [-0.39, 0.29) is 17.5 Å². The largest absolute Gasteiger partial charge is 0.340 e. The molecule has 0 aromatic carbocycles. The highest BCUT2D eigenvalue weighted by atomic mass is 16.2. The molecule has 3 heterocycles. The molecule has 3 rings (SSSR count). The number of nitrogens with one attached hydrogen (secondary N) is 2. The van der Waals surface area contributed by atoms with Crippen molar-refractivity contribution in [2.45, 2.75) is 12.8 Å². The van der Waals surface area contributed by atoms with Gasteiger partial charge in [0.2, 0.25) is 0 Å². The molecule has 6 heteroatoms. The van der Waals surface area contributed by atoms with Gasteiger partial charge in [0.25, 0.3) is 11.8 Å². The standard InChI is InChI=1S/C11H14N4O2/c16-10-8-9(14-6-13-8)11(17)15(10)5-7-1-3-12-4-2-7/h6-7,12H,1-5H2,(H,13,14). The zero-order valence-electron chi connectivity index (χ0n) is 9.40. The van der Waals surface area contributed by atoms with E-state index in [1.807, 2.05) is 0 Å². The van der Waals surface area contributed by atoms with Crippen molar-refractivity contribution in [1.82, 2.24) is 20.2 Å². The van der Waals surface area contributed by atoms with Crippen LogP contribution in [0.4, 0.5) is 0 Å². The van der Waals surface area contributed by atoms with Crippen LogP contribution in [-0.2, 0) is 0 Å². The Morgan fingerprint density at radius 2 is 2.06 bits per heavy atom. The molecule has 2 N–H and O–H groups in total. The number of fused-ring (bicyclic) bond motifs is 1. The quantitative estimate of drug-likeness (QED) is 0.706. The average Bonchev–Trinajstić information content (AvgIpc) is 2.91. The van der Waals surface area contributed by atoms with Gasteiger partial charge in [-0.05, 0) is 31.8 Å². The number of amides is 2. The molecule has 1 fully saturated rings. The number of rotatable bonds is 2. The maximum Gasteiger partial charge on any atom is 0.281 e. The Labute approximate surface area is 98.4 Å². The molecule has 0 bridgehead atoms. The van der Waals surface area contributed by atoms with Crippen LogP contribution in [0.15, 0.2) is 6.33 Å². The van der Waals surface area contributed by atoms with E-state index in [0.717, 1.165) is 25.9 Å². The molecule has 1 saturated heterocycles. The second-order valence-corrected chi connectivity index (χ2v) is 4.54. The van der Waals surface area contributed by atoms with Crippen molar-refractivity contribution in [2.75, 3.05) is 19.6 Å². The van der Waals surface area contributed by atoms with Gasteiger partial charge in [-0.1, -0.05) is 0 Å². The Hall–Kier alpha value is -1.69. The molecule has 2 amide bonds. The van der Waals surface area contributed by atoms with Crippen LogP contribution in [0.3, 0.4) is 0 Å². The fraction of sp³-hybridized carbons (Fsp3) is 0.545. The zero-order valence-corrected chi connectivity index (χ0v) is 9.40. The molecule has 0 spiro atoms. The lowest BCUT2D eigenvalue weighted by atomic mass is 9.97. The van der Waals surface area contributed by atoms with Crippen LogP contribution < -0.4 is 5.32 Å². The second-order valence-electron chi connectivity index (χ2n) is 4.54. The smallest absolute Gasteiger partial charge is 0.281 e. The molecule has 0 atom stereocenters. The normalized spacial score (nSPS) is 21.1. The minimum atomic E-state index is -0.259. The molecule has 6 nitrogen and oxygen atoms in total. The van der Waals surface area contributed by atoms with Gasteiger partial charge in [0.1, 0.15) is 5.69 Å². The van der Waals surface area contributed by atoms with Crippen molar-refractivity contribution in [2.24, 2.45) is 5.92 Å². The zero-order chi connectivity index (χ0) is 11.8. The summed E-state index contributed by atoms with van der Waals surface area (Å²) in [5, 5.41) is 3.27. The maximum absolute atomic E-state index is 12.0. The summed E-state index contributed by atoms with van der Waals surface area (Å²) in [7, 11) is 0. The topological polar surface area (TPSA) is 78.1 Å². The first-order valence-corrected chi connectivity index (χ1v) is 5.87. The molecular formula is C11H14N4O2. The van der Waals surface area contributed by atoms with E-state index in [4.69, 9.17) is 0 Å². The summed E-state index contributed by atoms with van der Waals surface area (Å²) < 4.78 is 0. The number of carbonyl (C=O) groups excluding carboxylic acids is 2. The van der Waals surface area contributed by atoms with E-state index in [1.165, 1.54) is 11.2 Å². The number of hydrogen-bond donors (Lipinski definition) is 2. The fourth-order valence-electron chi connectivity index (χ4n) is 2.46. The highest BCUT2D eigenvalue weighted by Gasteiger charge is 2.39. The Bertz CT molecular complexity index is 431. The molecule has 0 unspecified atom stereocenters. The fourth-order valence-corrected chi connectivity index (χ4v) is 2.46. The molecule has 0 radical (unpaired) electrons. The SMILES string of the molecule is O=C1c2nc[nH]c2C(=O)N1CC1CCNCC1. The number of nitrogens with zero attached hydrogens (tertiary/aromatic N) is 2. The van der Waals surface area contributed by atoms with E-state index in [2.05, 4.69) is 15.3 Å². The van der Waals surface area contributed by atoms with Crippen molar-refractivity contribution in [3.63, 3.8) is 0 Å². The molecule has 90 valence electrons. The number of carbonyl (C=O) groups is 2. The van der Waals surface area contributed by atoms with Crippen molar-refractivity contribution < 1.29 is 9.59 Å². The van der Waals surface area contributed by atoms with Gasteiger partial charge in [-0.2, -0.15) is 0 Å². The third kappa shape index (κ3) is 1.64. The van der Waals surface area contributed by atoms with Crippen LogP contribution >= 0.6 is 0 Å². The summed E-state index contributed by atoms with van der Waals surface area (Å²) in [6.45, 7) is 2.44. The van der Waals surface area contributed by atoms with E-state index in [9.17, 15) is 9.59 Å². The number of imide groups is 1. The number of hydrogen-bond acceptors (Lipinski definition) is 4. The number of aromatic amines is 1. The summed E-state index contributed by atoms with van der Waals surface area (Å²) >= 11 is 0. The molecule has 2 aliphatic rings. The first-order valence-electron chi connectivity index (χ1n) is 5.87. The van der Waals surface area contributed by atoms with Gasteiger partial charge >= 0.3 is 0 Å². The summed E-state index contributed by atoms with van der Waals surface area (Å²) in [4.78, 5) is 31.9. The summed E-state index contributed by atoms with van der Waals surface area (Å²) in [6.07, 6.45) is 3.42. The van der Waals surface area contributed by atoms with Crippen LogP contribution in [0.25, 0.3) is 0 Å². The summed E-state index contributed by atoms with van der Waals surface area (Å²) in [6, 6.07) is 0. The predicted octanol–water partition coefficient (Wildman–Crippen LogP) is 0.00530. The predicted molar refractivity (Wildman–Crippen MR) is 59.5 cm³/mol. The lowest BCUT2D eigenvalue weighted by molar-refractivity contribution is 0.0614.